The summed E-state index contributed by atoms with van der Waals surface area (Å²) in [5.41, 5.74) is -0.941. The van der Waals surface area contributed by atoms with E-state index in [9.17, 15) is 24.1 Å². The van der Waals surface area contributed by atoms with Crippen LogP contribution in [0.5, 0.6) is 0 Å². The van der Waals surface area contributed by atoms with Crippen molar-refractivity contribution in [1.29, 1.82) is 0 Å². The van der Waals surface area contributed by atoms with Gasteiger partial charge in [0, 0.05) is 6.07 Å². The summed E-state index contributed by atoms with van der Waals surface area (Å²) in [6.45, 7) is 1.21. The van der Waals surface area contributed by atoms with E-state index in [4.69, 9.17) is 5.11 Å². The highest BCUT2D eigenvalue weighted by atomic mass is 19.1. The molecule has 0 radical (unpaired) electrons. The lowest BCUT2D eigenvalue weighted by molar-refractivity contribution is -0.385. The molecule has 0 heterocycles. The van der Waals surface area contributed by atoms with Gasteiger partial charge in [0.05, 0.1) is 16.6 Å². The second-order valence-corrected chi connectivity index (χ2v) is 3.45. The highest BCUT2D eigenvalue weighted by Gasteiger charge is 2.19. The first-order valence-electron chi connectivity index (χ1n) is 4.80. The van der Waals surface area contributed by atoms with Gasteiger partial charge in [-0.25, -0.2) is 4.39 Å². The van der Waals surface area contributed by atoms with Crippen LogP contribution in [0.1, 0.15) is 17.3 Å². The van der Waals surface area contributed by atoms with Crippen LogP contribution in [0.4, 0.5) is 10.1 Å². The highest BCUT2D eigenvalue weighted by Crippen LogP contribution is 2.16. The van der Waals surface area contributed by atoms with Crippen molar-refractivity contribution in [2.24, 2.45) is 0 Å². The molecule has 1 amide bonds. The van der Waals surface area contributed by atoms with Crippen LogP contribution in [0.2, 0.25) is 0 Å². The number of hydrogen-bond donors (Lipinski definition) is 2. The van der Waals surface area contributed by atoms with Crippen molar-refractivity contribution in [3.05, 3.63) is 39.7 Å². The van der Waals surface area contributed by atoms with Gasteiger partial charge in [0.2, 0.25) is 0 Å². The fourth-order valence-corrected chi connectivity index (χ4v) is 1.14. The SMILES string of the molecule is CC(NC(=O)c1ccc([N+](=O)[O-])cc1F)C(=O)O. The molecule has 1 aromatic carbocycles. The number of carbonyl (C=O) groups is 2. The van der Waals surface area contributed by atoms with Gasteiger partial charge in [0.25, 0.3) is 11.6 Å². The van der Waals surface area contributed by atoms with E-state index >= 15 is 0 Å². The zero-order valence-electron chi connectivity index (χ0n) is 9.21. The lowest BCUT2D eigenvalue weighted by Gasteiger charge is -2.09. The third-order valence-corrected chi connectivity index (χ3v) is 2.13. The Balaban J connectivity index is 2.94. The molecule has 1 unspecified atom stereocenters. The maximum Gasteiger partial charge on any atom is 0.325 e. The van der Waals surface area contributed by atoms with Gasteiger partial charge in [-0.15, -0.1) is 0 Å². The largest absolute Gasteiger partial charge is 0.480 e. The molecule has 1 atom stereocenters. The molecule has 0 aliphatic carbocycles. The van der Waals surface area contributed by atoms with Gasteiger partial charge >= 0.3 is 5.97 Å². The van der Waals surface area contributed by atoms with E-state index in [1.165, 1.54) is 6.92 Å². The van der Waals surface area contributed by atoms with Crippen LogP contribution in [-0.2, 0) is 4.79 Å². The molecule has 2 N–H and O–H groups in total. The zero-order valence-corrected chi connectivity index (χ0v) is 9.21. The van der Waals surface area contributed by atoms with Gasteiger partial charge in [-0.3, -0.25) is 19.7 Å². The summed E-state index contributed by atoms with van der Waals surface area (Å²) < 4.78 is 13.4. The number of hydrogen-bond acceptors (Lipinski definition) is 4. The number of carboxylic acids is 1. The number of aliphatic carboxylic acids is 1. The van der Waals surface area contributed by atoms with E-state index in [2.05, 4.69) is 0 Å². The molecule has 0 spiro atoms. The number of nitro benzene ring substituents is 1. The van der Waals surface area contributed by atoms with Crippen molar-refractivity contribution in [3.8, 4) is 0 Å². The smallest absolute Gasteiger partial charge is 0.325 e. The summed E-state index contributed by atoms with van der Waals surface area (Å²) in [6, 6.07) is 1.30. The number of nitro groups is 1. The molecule has 1 aromatic rings. The van der Waals surface area contributed by atoms with E-state index in [0.29, 0.717) is 6.07 Å². The predicted molar refractivity (Wildman–Crippen MR) is 57.6 cm³/mol. The van der Waals surface area contributed by atoms with Crippen molar-refractivity contribution in [3.63, 3.8) is 0 Å². The van der Waals surface area contributed by atoms with Crippen molar-refractivity contribution >= 4 is 17.6 Å². The van der Waals surface area contributed by atoms with Gasteiger partial charge in [-0.1, -0.05) is 0 Å². The van der Waals surface area contributed by atoms with Crippen molar-refractivity contribution in [2.45, 2.75) is 13.0 Å². The van der Waals surface area contributed by atoms with Gasteiger partial charge < -0.3 is 10.4 Å². The van der Waals surface area contributed by atoms with Crippen molar-refractivity contribution in [1.82, 2.24) is 5.32 Å². The fourth-order valence-electron chi connectivity index (χ4n) is 1.14. The molecule has 0 saturated carbocycles. The quantitative estimate of drug-likeness (QED) is 0.615. The second-order valence-electron chi connectivity index (χ2n) is 3.45. The summed E-state index contributed by atoms with van der Waals surface area (Å²) in [5, 5.41) is 21.0. The number of amides is 1. The monoisotopic (exact) mass is 256 g/mol. The van der Waals surface area contributed by atoms with E-state index in [0.717, 1.165) is 12.1 Å². The molecule has 1 rings (SSSR count). The molecule has 0 saturated heterocycles. The number of halogens is 1. The molecule has 0 aliphatic heterocycles. The normalized spacial score (nSPS) is 11.7. The number of carboxylic acid groups (broad SMARTS) is 1. The minimum atomic E-state index is -1.27. The average molecular weight is 256 g/mol. The number of nitrogens with zero attached hydrogens (tertiary/aromatic N) is 1. The van der Waals surface area contributed by atoms with Crippen LogP contribution in [0.15, 0.2) is 18.2 Å². The summed E-state index contributed by atoms with van der Waals surface area (Å²) in [7, 11) is 0. The van der Waals surface area contributed by atoms with Gasteiger partial charge in [-0.2, -0.15) is 0 Å². The van der Waals surface area contributed by atoms with E-state index in [-0.39, 0.29) is 0 Å². The van der Waals surface area contributed by atoms with E-state index in [1.807, 2.05) is 5.32 Å². The molecular formula is C10H9FN2O5. The van der Waals surface area contributed by atoms with Crippen LogP contribution in [0.3, 0.4) is 0 Å². The molecule has 96 valence electrons. The number of non-ortho nitro benzene ring substituents is 1. The number of nitrogens with one attached hydrogen (secondary N) is 1. The highest BCUT2D eigenvalue weighted by molar-refractivity contribution is 5.96. The Labute approximate surface area is 100 Å². The lowest BCUT2D eigenvalue weighted by Crippen LogP contribution is -2.38. The van der Waals surface area contributed by atoms with E-state index in [1.54, 1.807) is 0 Å². The zero-order chi connectivity index (χ0) is 13.9. The molecular weight excluding hydrogens is 247 g/mol. The molecule has 0 bridgehead atoms. The van der Waals surface area contributed by atoms with Crippen LogP contribution < -0.4 is 5.32 Å². The standard InChI is InChI=1S/C10H9FN2O5/c1-5(10(15)16)12-9(14)7-3-2-6(13(17)18)4-8(7)11/h2-5H,1H3,(H,12,14)(H,15,16). The Morgan fingerprint density at radius 2 is 2.11 bits per heavy atom. The Bertz CT molecular complexity index is 517. The minimum Gasteiger partial charge on any atom is -0.480 e. The first-order chi connectivity index (χ1) is 8.32. The number of carbonyl (C=O) groups excluding carboxylic acids is 1. The summed E-state index contributed by atoms with van der Waals surface area (Å²) in [4.78, 5) is 31.5. The predicted octanol–water partition coefficient (Wildman–Crippen LogP) is 0.937. The Morgan fingerprint density at radius 3 is 2.56 bits per heavy atom. The number of rotatable bonds is 4. The average Bonchev–Trinajstić information content (AvgIpc) is 2.28. The van der Waals surface area contributed by atoms with E-state index < -0.39 is 39.9 Å². The van der Waals surface area contributed by atoms with Crippen LogP contribution in [-0.4, -0.2) is 27.9 Å². The molecule has 0 aliphatic rings. The fraction of sp³-hybridized carbons (Fsp3) is 0.200. The number of benzene rings is 1. The molecule has 8 heteroatoms. The third-order valence-electron chi connectivity index (χ3n) is 2.13. The maximum absolute atomic E-state index is 13.4. The Hall–Kier alpha value is -2.51. The van der Waals surface area contributed by atoms with Crippen LogP contribution >= 0.6 is 0 Å². The molecule has 0 aromatic heterocycles. The summed E-state index contributed by atoms with van der Waals surface area (Å²) in [6.07, 6.45) is 0. The topological polar surface area (TPSA) is 110 Å². The Kier molecular flexibility index (Phi) is 3.93. The Morgan fingerprint density at radius 1 is 1.50 bits per heavy atom. The second kappa shape index (κ2) is 5.21. The summed E-state index contributed by atoms with van der Waals surface area (Å²) >= 11 is 0. The molecule has 7 nitrogen and oxygen atoms in total. The van der Waals surface area contributed by atoms with Crippen molar-refractivity contribution in [2.75, 3.05) is 0 Å². The first kappa shape index (κ1) is 13.6. The van der Waals surface area contributed by atoms with Gasteiger partial charge in [0.1, 0.15) is 11.9 Å². The summed E-state index contributed by atoms with van der Waals surface area (Å²) in [5.74, 6) is -3.30. The maximum atomic E-state index is 13.4. The lowest BCUT2D eigenvalue weighted by atomic mass is 10.1. The van der Waals surface area contributed by atoms with Crippen LogP contribution in [0.25, 0.3) is 0 Å². The van der Waals surface area contributed by atoms with Gasteiger partial charge in [-0.05, 0) is 13.0 Å². The van der Waals surface area contributed by atoms with Crippen molar-refractivity contribution < 1.29 is 24.0 Å². The van der Waals surface area contributed by atoms with Gasteiger partial charge in [0.15, 0.2) is 0 Å². The van der Waals surface area contributed by atoms with Crippen LogP contribution in [0, 0.1) is 15.9 Å². The molecule has 0 fully saturated rings. The minimum absolute atomic E-state index is 0.450. The third kappa shape index (κ3) is 3.00. The molecule has 18 heavy (non-hydrogen) atoms. The first-order valence-corrected chi connectivity index (χ1v) is 4.80.